The molecule has 1 atom stereocenters. The predicted octanol–water partition coefficient (Wildman–Crippen LogP) is 3.30. The third-order valence-electron chi connectivity index (χ3n) is 3.62. The zero-order chi connectivity index (χ0) is 12.3. The van der Waals surface area contributed by atoms with Crippen LogP contribution in [-0.2, 0) is 6.54 Å². The first-order valence-corrected chi connectivity index (χ1v) is 6.80. The summed E-state index contributed by atoms with van der Waals surface area (Å²) >= 11 is 6.12. The Morgan fingerprint density at radius 2 is 2.29 bits per heavy atom. The molecule has 0 bridgehead atoms. The summed E-state index contributed by atoms with van der Waals surface area (Å²) < 4.78 is 0. The summed E-state index contributed by atoms with van der Waals surface area (Å²) in [5.74, 6) is 0.844. The molecule has 0 aliphatic carbocycles. The normalized spacial score (nSPS) is 19.9. The van der Waals surface area contributed by atoms with E-state index in [1.807, 2.05) is 13.1 Å². The number of rotatable bonds is 4. The molecule has 1 heterocycles. The summed E-state index contributed by atoms with van der Waals surface area (Å²) in [6.45, 7) is 5.52. The fourth-order valence-electron chi connectivity index (χ4n) is 2.56. The lowest BCUT2D eigenvalue weighted by Gasteiger charge is -2.22. The van der Waals surface area contributed by atoms with E-state index in [-0.39, 0.29) is 0 Å². The summed E-state index contributed by atoms with van der Waals surface area (Å²) in [5.41, 5.74) is 2.65. The lowest BCUT2D eigenvalue weighted by molar-refractivity contribution is 0.569. The standard InChI is InChI=1S/C14H21ClN2/c1-3-11-6-7-17(10-11)14-8-13(15)5-4-12(14)9-16-2/h4-5,8,11,16H,3,6-7,9-10H2,1-2H3. The van der Waals surface area contributed by atoms with Crippen molar-refractivity contribution in [3.05, 3.63) is 28.8 Å². The van der Waals surface area contributed by atoms with Gasteiger partial charge in [0.1, 0.15) is 0 Å². The van der Waals surface area contributed by atoms with Crippen LogP contribution in [0, 0.1) is 5.92 Å². The number of nitrogens with zero attached hydrogens (tertiary/aromatic N) is 1. The largest absolute Gasteiger partial charge is 0.371 e. The molecule has 1 aliphatic heterocycles. The molecule has 1 N–H and O–H groups in total. The number of nitrogens with one attached hydrogen (secondary N) is 1. The highest BCUT2D eigenvalue weighted by molar-refractivity contribution is 6.30. The first-order chi connectivity index (χ1) is 8.24. The van der Waals surface area contributed by atoms with Crippen molar-refractivity contribution in [1.82, 2.24) is 5.32 Å². The fraction of sp³-hybridized carbons (Fsp3) is 0.571. The highest BCUT2D eigenvalue weighted by Gasteiger charge is 2.22. The van der Waals surface area contributed by atoms with E-state index in [1.165, 1.54) is 30.6 Å². The van der Waals surface area contributed by atoms with Crippen molar-refractivity contribution >= 4 is 17.3 Å². The quantitative estimate of drug-likeness (QED) is 0.885. The van der Waals surface area contributed by atoms with Crippen molar-refractivity contribution in [3.8, 4) is 0 Å². The van der Waals surface area contributed by atoms with Crippen LogP contribution in [0.5, 0.6) is 0 Å². The van der Waals surface area contributed by atoms with Crippen molar-refractivity contribution in [2.24, 2.45) is 5.92 Å². The molecule has 0 spiro atoms. The Morgan fingerprint density at radius 3 is 2.94 bits per heavy atom. The molecule has 1 saturated heterocycles. The number of benzene rings is 1. The van der Waals surface area contributed by atoms with Gasteiger partial charge in [-0.3, -0.25) is 0 Å². The van der Waals surface area contributed by atoms with Crippen LogP contribution >= 0.6 is 11.6 Å². The minimum Gasteiger partial charge on any atom is -0.371 e. The molecule has 0 aromatic heterocycles. The molecular weight excluding hydrogens is 232 g/mol. The number of hydrogen-bond donors (Lipinski definition) is 1. The zero-order valence-electron chi connectivity index (χ0n) is 10.7. The van der Waals surface area contributed by atoms with Gasteiger partial charge in [0.15, 0.2) is 0 Å². The van der Waals surface area contributed by atoms with Crippen molar-refractivity contribution < 1.29 is 0 Å². The van der Waals surface area contributed by atoms with E-state index in [1.54, 1.807) is 0 Å². The lowest BCUT2D eigenvalue weighted by atomic mass is 10.1. The molecule has 17 heavy (non-hydrogen) atoms. The van der Waals surface area contributed by atoms with Crippen LogP contribution in [0.3, 0.4) is 0 Å². The molecule has 2 rings (SSSR count). The van der Waals surface area contributed by atoms with E-state index < -0.39 is 0 Å². The van der Waals surface area contributed by atoms with E-state index >= 15 is 0 Å². The molecule has 1 aromatic carbocycles. The summed E-state index contributed by atoms with van der Waals surface area (Å²) in [4.78, 5) is 2.48. The summed E-state index contributed by atoms with van der Waals surface area (Å²) in [6.07, 6.45) is 2.58. The second-order valence-electron chi connectivity index (χ2n) is 4.81. The van der Waals surface area contributed by atoms with Gasteiger partial charge >= 0.3 is 0 Å². The van der Waals surface area contributed by atoms with Gasteiger partial charge in [-0.25, -0.2) is 0 Å². The average molecular weight is 253 g/mol. The Hall–Kier alpha value is -0.730. The summed E-state index contributed by atoms with van der Waals surface area (Å²) in [6, 6.07) is 6.21. The lowest BCUT2D eigenvalue weighted by Crippen LogP contribution is -2.22. The van der Waals surface area contributed by atoms with E-state index in [0.717, 1.165) is 24.0 Å². The Morgan fingerprint density at radius 1 is 1.47 bits per heavy atom. The number of hydrogen-bond acceptors (Lipinski definition) is 2. The highest BCUT2D eigenvalue weighted by atomic mass is 35.5. The SMILES string of the molecule is CCC1CCN(c2cc(Cl)ccc2CNC)C1. The van der Waals surface area contributed by atoms with Gasteiger partial charge in [-0.05, 0) is 37.1 Å². The van der Waals surface area contributed by atoms with Gasteiger partial charge in [0.25, 0.3) is 0 Å². The Bertz CT molecular complexity index is 378. The minimum absolute atomic E-state index is 0.833. The van der Waals surface area contributed by atoms with Crippen LogP contribution in [0.15, 0.2) is 18.2 Å². The second-order valence-corrected chi connectivity index (χ2v) is 5.25. The molecule has 94 valence electrons. The van der Waals surface area contributed by atoms with E-state index in [9.17, 15) is 0 Å². The topological polar surface area (TPSA) is 15.3 Å². The molecule has 1 aliphatic rings. The van der Waals surface area contributed by atoms with Crippen molar-refractivity contribution in [2.45, 2.75) is 26.3 Å². The molecule has 2 nitrogen and oxygen atoms in total. The maximum absolute atomic E-state index is 6.12. The summed E-state index contributed by atoms with van der Waals surface area (Å²) in [5, 5.41) is 4.06. The Labute approximate surface area is 109 Å². The van der Waals surface area contributed by atoms with Crippen LogP contribution in [-0.4, -0.2) is 20.1 Å². The van der Waals surface area contributed by atoms with Crippen LogP contribution < -0.4 is 10.2 Å². The van der Waals surface area contributed by atoms with Crippen LogP contribution in [0.1, 0.15) is 25.3 Å². The molecular formula is C14H21ClN2. The third-order valence-corrected chi connectivity index (χ3v) is 3.85. The Balaban J connectivity index is 2.21. The predicted molar refractivity (Wildman–Crippen MR) is 74.8 cm³/mol. The van der Waals surface area contributed by atoms with Crippen LogP contribution in [0.2, 0.25) is 5.02 Å². The Kier molecular flexibility index (Phi) is 4.30. The average Bonchev–Trinajstić information content (AvgIpc) is 2.80. The number of anilines is 1. The second kappa shape index (κ2) is 5.74. The zero-order valence-corrected chi connectivity index (χ0v) is 11.4. The summed E-state index contributed by atoms with van der Waals surface area (Å²) in [7, 11) is 1.98. The molecule has 0 radical (unpaired) electrons. The van der Waals surface area contributed by atoms with E-state index in [4.69, 9.17) is 11.6 Å². The van der Waals surface area contributed by atoms with Crippen molar-refractivity contribution in [3.63, 3.8) is 0 Å². The van der Waals surface area contributed by atoms with Gasteiger partial charge < -0.3 is 10.2 Å². The van der Waals surface area contributed by atoms with Gasteiger partial charge in [0, 0.05) is 30.3 Å². The smallest absolute Gasteiger partial charge is 0.0426 e. The molecule has 0 amide bonds. The van der Waals surface area contributed by atoms with Crippen molar-refractivity contribution in [1.29, 1.82) is 0 Å². The first kappa shape index (κ1) is 12.7. The molecule has 0 saturated carbocycles. The fourth-order valence-corrected chi connectivity index (χ4v) is 2.72. The highest BCUT2D eigenvalue weighted by Crippen LogP contribution is 2.30. The molecule has 1 fully saturated rings. The van der Waals surface area contributed by atoms with Gasteiger partial charge in [-0.15, -0.1) is 0 Å². The monoisotopic (exact) mass is 252 g/mol. The maximum Gasteiger partial charge on any atom is 0.0426 e. The first-order valence-electron chi connectivity index (χ1n) is 6.42. The van der Waals surface area contributed by atoms with Gasteiger partial charge in [-0.2, -0.15) is 0 Å². The molecule has 3 heteroatoms. The molecule has 1 unspecified atom stereocenters. The van der Waals surface area contributed by atoms with Crippen LogP contribution in [0.25, 0.3) is 0 Å². The van der Waals surface area contributed by atoms with Crippen LogP contribution in [0.4, 0.5) is 5.69 Å². The van der Waals surface area contributed by atoms with E-state index in [2.05, 4.69) is 29.3 Å². The minimum atomic E-state index is 0.833. The van der Waals surface area contributed by atoms with Gasteiger partial charge in [0.2, 0.25) is 0 Å². The van der Waals surface area contributed by atoms with Gasteiger partial charge in [0.05, 0.1) is 0 Å². The number of halogens is 1. The third kappa shape index (κ3) is 2.93. The van der Waals surface area contributed by atoms with Crippen molar-refractivity contribution in [2.75, 3.05) is 25.0 Å². The molecule has 1 aromatic rings. The van der Waals surface area contributed by atoms with Gasteiger partial charge in [-0.1, -0.05) is 31.0 Å². The van der Waals surface area contributed by atoms with E-state index in [0.29, 0.717) is 0 Å². The maximum atomic E-state index is 6.12.